The minimum atomic E-state index is 0.298. The van der Waals surface area contributed by atoms with Gasteiger partial charge in [0.25, 0.3) is 0 Å². The van der Waals surface area contributed by atoms with E-state index < -0.39 is 0 Å². The van der Waals surface area contributed by atoms with E-state index in [1.807, 2.05) is 12.1 Å². The quantitative estimate of drug-likeness (QED) is 0.637. The maximum Gasteiger partial charge on any atom is 0.129 e. The third kappa shape index (κ3) is 3.81. The van der Waals surface area contributed by atoms with Crippen LogP contribution in [0.1, 0.15) is 11.5 Å². The zero-order chi connectivity index (χ0) is 11.5. The largest absolute Gasteiger partial charge is 0.461 e. The molecule has 3 heterocycles. The molecule has 0 N–H and O–H groups in total. The standard InChI is InChI=1S/C12H16O5/c1-2-10(4-14-6-12-8-16-12)17-9(1)3-13-5-11-7-15-11/h1-2,11-12H,3-8H2/t11-,12?/m0/s1. The summed E-state index contributed by atoms with van der Waals surface area (Å²) < 4.78 is 26.5. The molecule has 0 amide bonds. The molecule has 3 rings (SSSR count). The fourth-order valence-electron chi connectivity index (χ4n) is 1.49. The summed E-state index contributed by atoms with van der Waals surface area (Å²) in [7, 11) is 0. The van der Waals surface area contributed by atoms with Gasteiger partial charge in [0.05, 0.1) is 26.4 Å². The third-order valence-corrected chi connectivity index (χ3v) is 2.62. The molecule has 0 saturated carbocycles. The maximum atomic E-state index is 5.56. The van der Waals surface area contributed by atoms with E-state index in [9.17, 15) is 0 Å². The van der Waals surface area contributed by atoms with Crippen molar-refractivity contribution >= 4 is 0 Å². The van der Waals surface area contributed by atoms with Gasteiger partial charge in [-0.05, 0) is 12.1 Å². The molecule has 2 aliphatic rings. The van der Waals surface area contributed by atoms with Gasteiger partial charge in [0.1, 0.15) is 36.9 Å². The minimum Gasteiger partial charge on any atom is -0.461 e. The summed E-state index contributed by atoms with van der Waals surface area (Å²) in [4.78, 5) is 0. The van der Waals surface area contributed by atoms with Crippen LogP contribution in [0.15, 0.2) is 16.5 Å². The predicted octanol–water partition coefficient (Wildman–Crippen LogP) is 1.11. The Hall–Kier alpha value is -0.880. The van der Waals surface area contributed by atoms with Gasteiger partial charge >= 0.3 is 0 Å². The molecule has 0 aliphatic carbocycles. The van der Waals surface area contributed by atoms with Gasteiger partial charge in [-0.2, -0.15) is 0 Å². The van der Waals surface area contributed by atoms with Crippen LogP contribution in [0.3, 0.4) is 0 Å². The molecule has 0 bridgehead atoms. The van der Waals surface area contributed by atoms with Crippen molar-refractivity contribution in [3.8, 4) is 0 Å². The second kappa shape index (κ2) is 5.18. The van der Waals surface area contributed by atoms with E-state index >= 15 is 0 Å². The van der Waals surface area contributed by atoms with E-state index in [4.69, 9.17) is 23.4 Å². The molecule has 1 aromatic rings. The Kier molecular flexibility index (Phi) is 3.42. The lowest BCUT2D eigenvalue weighted by Gasteiger charge is -2.00. The van der Waals surface area contributed by atoms with Gasteiger partial charge in [0.2, 0.25) is 0 Å². The van der Waals surface area contributed by atoms with Crippen molar-refractivity contribution in [1.82, 2.24) is 0 Å². The highest BCUT2D eigenvalue weighted by molar-refractivity contribution is 5.05. The van der Waals surface area contributed by atoms with Crippen molar-refractivity contribution in [2.45, 2.75) is 25.4 Å². The van der Waals surface area contributed by atoms with Gasteiger partial charge in [0.15, 0.2) is 0 Å². The third-order valence-electron chi connectivity index (χ3n) is 2.62. The van der Waals surface area contributed by atoms with Crippen LogP contribution in [-0.4, -0.2) is 38.6 Å². The average molecular weight is 240 g/mol. The Bertz CT molecular complexity index is 321. The Morgan fingerprint density at radius 3 is 1.82 bits per heavy atom. The van der Waals surface area contributed by atoms with Gasteiger partial charge in [-0.3, -0.25) is 0 Å². The SMILES string of the molecule is c1cc(COC[C@H]2CO2)oc1COCC1CO1. The first kappa shape index (κ1) is 11.2. The van der Waals surface area contributed by atoms with Crippen molar-refractivity contribution in [2.24, 2.45) is 0 Å². The number of ether oxygens (including phenoxy) is 4. The number of hydrogen-bond acceptors (Lipinski definition) is 5. The molecule has 94 valence electrons. The Morgan fingerprint density at radius 1 is 0.941 bits per heavy atom. The first-order valence-corrected chi connectivity index (χ1v) is 5.86. The lowest BCUT2D eigenvalue weighted by atomic mass is 10.4. The molecule has 1 aromatic heterocycles. The van der Waals surface area contributed by atoms with Crippen molar-refractivity contribution in [1.29, 1.82) is 0 Å². The molecule has 17 heavy (non-hydrogen) atoms. The second-order valence-electron chi connectivity index (χ2n) is 4.31. The van der Waals surface area contributed by atoms with Crippen LogP contribution in [-0.2, 0) is 32.2 Å². The van der Waals surface area contributed by atoms with E-state index in [-0.39, 0.29) is 0 Å². The van der Waals surface area contributed by atoms with Crippen molar-refractivity contribution in [3.05, 3.63) is 23.7 Å². The van der Waals surface area contributed by atoms with Crippen molar-refractivity contribution in [3.63, 3.8) is 0 Å². The summed E-state index contributed by atoms with van der Waals surface area (Å²) in [5, 5.41) is 0. The van der Waals surface area contributed by atoms with Crippen molar-refractivity contribution < 1.29 is 23.4 Å². The summed E-state index contributed by atoms with van der Waals surface area (Å²) in [5.41, 5.74) is 0. The monoisotopic (exact) mass is 240 g/mol. The van der Waals surface area contributed by atoms with Gasteiger partial charge < -0.3 is 23.4 Å². The van der Waals surface area contributed by atoms with Crippen LogP contribution in [0.25, 0.3) is 0 Å². The topological polar surface area (TPSA) is 56.7 Å². The van der Waals surface area contributed by atoms with Gasteiger partial charge in [-0.25, -0.2) is 0 Å². The number of hydrogen-bond donors (Lipinski definition) is 0. The van der Waals surface area contributed by atoms with Crippen LogP contribution >= 0.6 is 0 Å². The summed E-state index contributed by atoms with van der Waals surface area (Å²) >= 11 is 0. The summed E-state index contributed by atoms with van der Waals surface area (Å²) in [5.74, 6) is 1.65. The maximum absolute atomic E-state index is 5.56. The number of epoxide rings is 2. The van der Waals surface area contributed by atoms with E-state index in [0.29, 0.717) is 38.6 Å². The van der Waals surface area contributed by atoms with Gasteiger partial charge in [-0.1, -0.05) is 0 Å². The molecule has 2 aliphatic heterocycles. The average Bonchev–Trinajstić information content (AvgIpc) is 3.22. The molecule has 2 atom stereocenters. The fraction of sp³-hybridized carbons (Fsp3) is 0.667. The molecule has 5 nitrogen and oxygen atoms in total. The zero-order valence-corrected chi connectivity index (χ0v) is 9.59. The van der Waals surface area contributed by atoms with E-state index in [0.717, 1.165) is 24.7 Å². The van der Waals surface area contributed by atoms with Crippen LogP contribution in [0.2, 0.25) is 0 Å². The smallest absolute Gasteiger partial charge is 0.129 e. The highest BCUT2D eigenvalue weighted by Crippen LogP contribution is 2.14. The Balaban J connectivity index is 1.34. The fourth-order valence-corrected chi connectivity index (χ4v) is 1.49. The van der Waals surface area contributed by atoms with Crippen LogP contribution < -0.4 is 0 Å². The Labute approximate surface area is 99.6 Å². The molecule has 0 radical (unpaired) electrons. The molecule has 0 aromatic carbocycles. The highest BCUT2D eigenvalue weighted by atomic mass is 16.6. The summed E-state index contributed by atoms with van der Waals surface area (Å²) in [6.07, 6.45) is 0.595. The summed E-state index contributed by atoms with van der Waals surface area (Å²) in [6, 6.07) is 3.83. The van der Waals surface area contributed by atoms with Gasteiger partial charge in [0, 0.05) is 0 Å². The lowest BCUT2D eigenvalue weighted by Crippen LogP contribution is -2.01. The van der Waals surface area contributed by atoms with Crippen LogP contribution in [0.5, 0.6) is 0 Å². The lowest BCUT2D eigenvalue weighted by molar-refractivity contribution is 0.0767. The first-order chi connectivity index (χ1) is 8.40. The van der Waals surface area contributed by atoms with E-state index in [1.54, 1.807) is 0 Å². The number of rotatable bonds is 8. The van der Waals surface area contributed by atoms with Gasteiger partial charge in [-0.15, -0.1) is 0 Å². The predicted molar refractivity (Wildman–Crippen MR) is 57.5 cm³/mol. The van der Waals surface area contributed by atoms with Crippen LogP contribution in [0, 0.1) is 0 Å². The molecule has 2 fully saturated rings. The molecule has 1 unspecified atom stereocenters. The highest BCUT2D eigenvalue weighted by Gasteiger charge is 2.23. The molecule has 5 heteroatoms. The molecular formula is C12H16O5. The van der Waals surface area contributed by atoms with Crippen molar-refractivity contribution in [2.75, 3.05) is 26.4 Å². The molecule has 2 saturated heterocycles. The molecular weight excluding hydrogens is 224 g/mol. The first-order valence-electron chi connectivity index (χ1n) is 5.86. The minimum absolute atomic E-state index is 0.298. The second-order valence-corrected chi connectivity index (χ2v) is 4.31. The van der Waals surface area contributed by atoms with E-state index in [2.05, 4.69) is 0 Å². The zero-order valence-electron chi connectivity index (χ0n) is 9.59. The van der Waals surface area contributed by atoms with E-state index in [1.165, 1.54) is 0 Å². The summed E-state index contributed by atoms with van der Waals surface area (Å²) in [6.45, 7) is 3.91. The number of furan rings is 1. The Morgan fingerprint density at radius 2 is 1.41 bits per heavy atom. The normalized spacial score (nSPS) is 26.1. The molecule has 0 spiro atoms. The van der Waals surface area contributed by atoms with Crippen LogP contribution in [0.4, 0.5) is 0 Å².